The number of hydrogen-bond acceptors (Lipinski definition) is 2. The number of nitrogens with one attached hydrogen (secondary N) is 1. The van der Waals surface area contributed by atoms with E-state index in [-0.39, 0.29) is 6.03 Å². The molecule has 2 N–H and O–H groups in total. The van der Waals surface area contributed by atoms with Gasteiger partial charge in [0.25, 0.3) is 0 Å². The summed E-state index contributed by atoms with van der Waals surface area (Å²) in [4.78, 5) is 25.6. The van der Waals surface area contributed by atoms with E-state index in [1.54, 1.807) is 0 Å². The van der Waals surface area contributed by atoms with Gasteiger partial charge in [-0.15, -0.1) is 5.54 Å². The number of nitrogens with zero attached hydrogens (tertiary/aromatic N) is 1. The minimum Gasteiger partial charge on any atom is -0.480 e. The first-order chi connectivity index (χ1) is 14.9. The number of likely N-dealkylation sites (tertiary alicyclic amines) is 1. The Kier molecular flexibility index (Phi) is 7.40. The number of amides is 2. The molecule has 5 nitrogen and oxygen atoms in total. The van der Waals surface area contributed by atoms with Crippen LogP contribution in [0.15, 0.2) is 36.4 Å². The Morgan fingerprint density at radius 3 is 2.52 bits per heavy atom. The molecule has 6 heteroatoms. The predicted molar refractivity (Wildman–Crippen MR) is 128 cm³/mol. The Balaban J connectivity index is 1.92. The van der Waals surface area contributed by atoms with E-state index >= 15 is 0 Å². The molecule has 2 aromatic carbocycles. The number of carbonyl (C=O) groups is 2. The van der Waals surface area contributed by atoms with Crippen LogP contribution in [0.4, 0.5) is 4.79 Å². The summed E-state index contributed by atoms with van der Waals surface area (Å²) in [5, 5.41) is 14.5. The quantitative estimate of drug-likeness (QED) is 0.495. The lowest BCUT2D eigenvalue weighted by Gasteiger charge is -2.22. The average molecular weight is 437 g/mol. The molecule has 0 spiro atoms. The van der Waals surface area contributed by atoms with E-state index in [0.717, 1.165) is 40.0 Å². The highest BCUT2D eigenvalue weighted by molar-refractivity contribution is 6.87. The van der Waals surface area contributed by atoms with Crippen LogP contribution in [0.1, 0.15) is 44.7 Å². The molecule has 0 bridgehead atoms. The molecule has 1 heterocycles. The number of urea groups is 1. The first kappa shape index (κ1) is 22.9. The molecular formula is C25H32N2O3Si. The van der Waals surface area contributed by atoms with Crippen molar-refractivity contribution in [2.75, 3.05) is 6.54 Å². The minimum atomic E-state index is -1.60. The van der Waals surface area contributed by atoms with Crippen molar-refractivity contribution < 1.29 is 14.7 Å². The van der Waals surface area contributed by atoms with Crippen molar-refractivity contribution >= 4 is 30.8 Å². The molecule has 1 atom stereocenters. The van der Waals surface area contributed by atoms with Gasteiger partial charge in [-0.1, -0.05) is 57.0 Å². The summed E-state index contributed by atoms with van der Waals surface area (Å²) in [7, 11) is -1.60. The molecule has 1 saturated heterocycles. The molecule has 2 amide bonds. The van der Waals surface area contributed by atoms with Crippen LogP contribution in [0.25, 0.3) is 10.8 Å². The topological polar surface area (TPSA) is 69.6 Å². The summed E-state index contributed by atoms with van der Waals surface area (Å²) in [6.07, 6.45) is 1.22. The van der Waals surface area contributed by atoms with Crippen molar-refractivity contribution in [3.63, 3.8) is 0 Å². The second kappa shape index (κ2) is 10.0. The van der Waals surface area contributed by atoms with Crippen molar-refractivity contribution in [3.05, 3.63) is 47.5 Å². The largest absolute Gasteiger partial charge is 0.480 e. The van der Waals surface area contributed by atoms with Crippen LogP contribution in [0.5, 0.6) is 0 Å². The third-order valence-corrected chi connectivity index (χ3v) is 11.5. The third-order valence-electron chi connectivity index (χ3n) is 6.75. The number of hydrogen-bond donors (Lipinski definition) is 2. The van der Waals surface area contributed by atoms with E-state index < -0.39 is 20.1 Å². The molecule has 3 rings (SSSR count). The van der Waals surface area contributed by atoms with E-state index in [9.17, 15) is 14.7 Å². The zero-order valence-corrected chi connectivity index (χ0v) is 19.7. The fourth-order valence-corrected chi connectivity index (χ4v) is 6.82. The fourth-order valence-electron chi connectivity index (χ4n) is 4.39. The van der Waals surface area contributed by atoms with Crippen LogP contribution in [-0.4, -0.2) is 42.7 Å². The Morgan fingerprint density at radius 1 is 1.13 bits per heavy atom. The zero-order valence-electron chi connectivity index (χ0n) is 18.7. The highest BCUT2D eigenvalue weighted by Crippen LogP contribution is 2.24. The lowest BCUT2D eigenvalue weighted by molar-refractivity contribution is -0.141. The van der Waals surface area contributed by atoms with Crippen LogP contribution in [-0.2, 0) is 11.3 Å². The summed E-state index contributed by atoms with van der Waals surface area (Å²) >= 11 is 0. The fraction of sp³-hybridized carbons (Fsp3) is 0.440. The molecule has 1 fully saturated rings. The van der Waals surface area contributed by atoms with E-state index in [1.165, 1.54) is 4.90 Å². The van der Waals surface area contributed by atoms with Gasteiger partial charge in [-0.3, -0.25) is 0 Å². The Bertz CT molecular complexity index is 1010. The van der Waals surface area contributed by atoms with Crippen molar-refractivity contribution in [1.82, 2.24) is 10.2 Å². The van der Waals surface area contributed by atoms with Crippen molar-refractivity contribution in [3.8, 4) is 11.5 Å². The smallest absolute Gasteiger partial charge is 0.326 e. The van der Waals surface area contributed by atoms with Gasteiger partial charge in [-0.25, -0.2) is 9.59 Å². The van der Waals surface area contributed by atoms with Crippen LogP contribution in [0.2, 0.25) is 18.1 Å². The number of rotatable bonds is 6. The molecule has 31 heavy (non-hydrogen) atoms. The number of carbonyl (C=O) groups excluding carboxylic acids is 1. The van der Waals surface area contributed by atoms with Crippen LogP contribution < -0.4 is 5.32 Å². The summed E-state index contributed by atoms with van der Waals surface area (Å²) in [6, 6.07) is 14.6. The molecule has 1 aliphatic rings. The third kappa shape index (κ3) is 4.94. The van der Waals surface area contributed by atoms with Gasteiger partial charge in [0.15, 0.2) is 0 Å². The normalized spacial score (nSPS) is 16.1. The van der Waals surface area contributed by atoms with E-state index in [4.69, 9.17) is 0 Å². The molecule has 164 valence electrons. The second-order valence-electron chi connectivity index (χ2n) is 8.25. The van der Waals surface area contributed by atoms with Gasteiger partial charge in [-0.2, -0.15) is 0 Å². The zero-order chi connectivity index (χ0) is 22.4. The maximum atomic E-state index is 12.8. The predicted octanol–water partition coefficient (Wildman–Crippen LogP) is 5.00. The van der Waals surface area contributed by atoms with E-state index in [2.05, 4.69) is 55.8 Å². The van der Waals surface area contributed by atoms with Crippen LogP contribution in [0, 0.1) is 11.5 Å². The van der Waals surface area contributed by atoms with Crippen molar-refractivity contribution in [2.45, 2.75) is 64.3 Å². The Hall–Kier alpha value is -2.78. The second-order valence-corrected chi connectivity index (χ2v) is 13.2. The molecule has 0 aliphatic carbocycles. The van der Waals surface area contributed by atoms with Crippen molar-refractivity contribution in [1.29, 1.82) is 0 Å². The van der Waals surface area contributed by atoms with Gasteiger partial charge in [0.05, 0.1) is 0 Å². The maximum absolute atomic E-state index is 12.8. The van der Waals surface area contributed by atoms with E-state index in [0.29, 0.717) is 25.9 Å². The number of carboxylic acid groups (broad SMARTS) is 1. The van der Waals surface area contributed by atoms with Gasteiger partial charge >= 0.3 is 12.0 Å². The lowest BCUT2D eigenvalue weighted by atomic mass is 9.99. The van der Waals surface area contributed by atoms with Gasteiger partial charge in [0.1, 0.15) is 14.1 Å². The molecule has 0 saturated carbocycles. The van der Waals surface area contributed by atoms with Crippen molar-refractivity contribution in [2.24, 2.45) is 0 Å². The van der Waals surface area contributed by atoms with E-state index in [1.807, 2.05) is 18.2 Å². The first-order valence-electron chi connectivity index (χ1n) is 11.3. The standard InChI is InChI=1S/C25H32N2O3Si/c1-4-31(5-2,6-3)17-15-20-14-13-19-10-7-8-11-21(19)22(20)18-26-25(30)27-16-9-12-23(27)24(28)29/h7-8,10-11,13-14,23H,4-6,9,12,16,18H2,1-3H3,(H,26,30)(H,28,29)/t23-/m0/s1. The van der Waals surface area contributed by atoms with Gasteiger partial charge in [0.2, 0.25) is 0 Å². The number of benzene rings is 2. The molecule has 0 radical (unpaired) electrons. The summed E-state index contributed by atoms with van der Waals surface area (Å²) in [5.74, 6) is 2.53. The average Bonchev–Trinajstić information content (AvgIpc) is 3.29. The van der Waals surface area contributed by atoms with Gasteiger partial charge in [-0.05, 0) is 53.4 Å². The lowest BCUT2D eigenvalue weighted by Crippen LogP contribution is -2.45. The molecule has 2 aromatic rings. The summed E-state index contributed by atoms with van der Waals surface area (Å²) in [6.45, 7) is 7.52. The van der Waals surface area contributed by atoms with Crippen LogP contribution in [0.3, 0.4) is 0 Å². The highest BCUT2D eigenvalue weighted by Gasteiger charge is 2.34. The SMILES string of the molecule is CC[Si](C#Cc1ccc2ccccc2c1CNC(=O)N1CCC[C@H]1C(=O)O)(CC)CC. The Labute approximate surface area is 185 Å². The summed E-state index contributed by atoms with van der Waals surface area (Å²) in [5.41, 5.74) is 5.60. The molecule has 0 aromatic heterocycles. The highest BCUT2D eigenvalue weighted by atomic mass is 28.3. The monoisotopic (exact) mass is 436 g/mol. The molecule has 1 aliphatic heterocycles. The Morgan fingerprint density at radius 2 is 1.84 bits per heavy atom. The van der Waals surface area contributed by atoms with Gasteiger partial charge < -0.3 is 15.3 Å². The summed E-state index contributed by atoms with van der Waals surface area (Å²) < 4.78 is 0. The number of fused-ring (bicyclic) bond motifs is 1. The van der Waals surface area contributed by atoms with Gasteiger partial charge in [0, 0.05) is 18.7 Å². The number of aliphatic carboxylic acids is 1. The van der Waals surface area contributed by atoms with Crippen LogP contribution >= 0.6 is 0 Å². The molecule has 0 unspecified atom stereocenters. The molecular weight excluding hydrogens is 404 g/mol. The minimum absolute atomic E-state index is 0.323. The maximum Gasteiger partial charge on any atom is 0.326 e. The first-order valence-corrected chi connectivity index (χ1v) is 13.9. The number of carboxylic acids is 1.